The van der Waals surface area contributed by atoms with Crippen molar-refractivity contribution in [3.63, 3.8) is 0 Å². The molecule has 1 rings (SSSR count). The van der Waals surface area contributed by atoms with Gasteiger partial charge in [-0.1, -0.05) is 0 Å². The van der Waals surface area contributed by atoms with Crippen LogP contribution in [0.15, 0.2) is 12.1 Å². The fourth-order valence-electron chi connectivity index (χ4n) is 1.70. The molecule has 0 heterocycles. The number of nitrogens with zero attached hydrogens (tertiary/aromatic N) is 1. The molecule has 0 bridgehead atoms. The van der Waals surface area contributed by atoms with Crippen LogP contribution in [0, 0.1) is 11.6 Å². The summed E-state index contributed by atoms with van der Waals surface area (Å²) in [5, 5.41) is 8.93. The van der Waals surface area contributed by atoms with Gasteiger partial charge in [0.25, 0.3) is 0 Å². The third-order valence-electron chi connectivity index (χ3n) is 2.56. The number of aliphatic hydroxyl groups excluding tert-OH is 1. The van der Waals surface area contributed by atoms with Gasteiger partial charge in [0.2, 0.25) is 0 Å². The Kier molecular flexibility index (Phi) is 5.97. The molecule has 0 amide bonds. The van der Waals surface area contributed by atoms with Crippen molar-refractivity contribution in [3.8, 4) is 0 Å². The van der Waals surface area contributed by atoms with E-state index in [2.05, 4.69) is 0 Å². The molecule has 0 fully saturated rings. The minimum atomic E-state index is -0.681. The van der Waals surface area contributed by atoms with E-state index in [9.17, 15) is 8.78 Å². The summed E-state index contributed by atoms with van der Waals surface area (Å²) >= 11 is 0. The quantitative estimate of drug-likeness (QED) is 0.763. The maximum Gasteiger partial charge on any atom is 0.149 e. The van der Waals surface area contributed by atoms with E-state index in [1.54, 1.807) is 0 Å². The number of halogens is 2. The van der Waals surface area contributed by atoms with Crippen LogP contribution in [0.25, 0.3) is 0 Å². The van der Waals surface area contributed by atoms with Gasteiger partial charge in [-0.3, -0.25) is 0 Å². The molecule has 0 unspecified atom stereocenters. The highest BCUT2D eigenvalue weighted by atomic mass is 19.1. The first-order valence-corrected chi connectivity index (χ1v) is 5.66. The zero-order valence-electron chi connectivity index (χ0n) is 10.3. The molecule has 1 aromatic rings. The topological polar surface area (TPSA) is 58.7 Å². The number of nitrogens with two attached hydrogens (primary N) is 1. The van der Waals surface area contributed by atoms with Gasteiger partial charge in [-0.05, 0) is 17.7 Å². The molecule has 18 heavy (non-hydrogen) atoms. The molecule has 0 radical (unpaired) electrons. The van der Waals surface area contributed by atoms with E-state index in [4.69, 9.17) is 15.6 Å². The SMILES string of the molecule is COCCN(CCO)c1c(F)cc(CN)cc1F. The Morgan fingerprint density at radius 2 is 1.89 bits per heavy atom. The van der Waals surface area contributed by atoms with Gasteiger partial charge in [0, 0.05) is 26.7 Å². The van der Waals surface area contributed by atoms with Gasteiger partial charge >= 0.3 is 0 Å². The lowest BCUT2D eigenvalue weighted by molar-refractivity contribution is 0.202. The zero-order valence-corrected chi connectivity index (χ0v) is 10.3. The van der Waals surface area contributed by atoms with Gasteiger partial charge in [-0.25, -0.2) is 8.78 Å². The summed E-state index contributed by atoms with van der Waals surface area (Å²) in [4.78, 5) is 1.41. The summed E-state index contributed by atoms with van der Waals surface area (Å²) < 4.78 is 32.6. The molecule has 102 valence electrons. The molecule has 6 heteroatoms. The molecule has 0 spiro atoms. The van der Waals surface area contributed by atoms with Crippen molar-refractivity contribution in [2.24, 2.45) is 5.73 Å². The second-order valence-corrected chi connectivity index (χ2v) is 3.82. The highest BCUT2D eigenvalue weighted by Crippen LogP contribution is 2.24. The number of hydrogen-bond acceptors (Lipinski definition) is 4. The molecular formula is C12H18F2N2O2. The minimum Gasteiger partial charge on any atom is -0.395 e. The van der Waals surface area contributed by atoms with Crippen LogP contribution in [0.1, 0.15) is 5.56 Å². The summed E-state index contributed by atoms with van der Waals surface area (Å²) in [6, 6.07) is 2.41. The molecule has 3 N–H and O–H groups in total. The van der Waals surface area contributed by atoms with Crippen molar-refractivity contribution < 1.29 is 18.6 Å². The van der Waals surface area contributed by atoms with Gasteiger partial charge in [-0.2, -0.15) is 0 Å². The zero-order chi connectivity index (χ0) is 13.5. The molecule has 0 aliphatic heterocycles. The monoisotopic (exact) mass is 260 g/mol. The van der Waals surface area contributed by atoms with Crippen LogP contribution in [0.5, 0.6) is 0 Å². The molecule has 4 nitrogen and oxygen atoms in total. The molecule has 0 saturated carbocycles. The van der Waals surface area contributed by atoms with E-state index in [0.717, 1.165) is 0 Å². The first-order valence-electron chi connectivity index (χ1n) is 5.66. The summed E-state index contributed by atoms with van der Waals surface area (Å²) in [5.74, 6) is -1.36. The second kappa shape index (κ2) is 7.25. The third-order valence-corrected chi connectivity index (χ3v) is 2.56. The van der Waals surface area contributed by atoms with Gasteiger partial charge in [0.15, 0.2) is 0 Å². The average Bonchev–Trinajstić information content (AvgIpc) is 2.34. The van der Waals surface area contributed by atoms with E-state index in [0.29, 0.717) is 18.7 Å². The fourth-order valence-corrected chi connectivity index (χ4v) is 1.70. The largest absolute Gasteiger partial charge is 0.395 e. The van der Waals surface area contributed by atoms with Gasteiger partial charge < -0.3 is 20.5 Å². The highest BCUT2D eigenvalue weighted by molar-refractivity contribution is 5.50. The lowest BCUT2D eigenvalue weighted by atomic mass is 10.1. The van der Waals surface area contributed by atoms with Crippen molar-refractivity contribution >= 4 is 5.69 Å². The summed E-state index contributed by atoms with van der Waals surface area (Å²) in [6.07, 6.45) is 0. The van der Waals surface area contributed by atoms with Crippen molar-refractivity contribution in [1.29, 1.82) is 0 Å². The predicted molar refractivity (Wildman–Crippen MR) is 65.4 cm³/mol. The van der Waals surface area contributed by atoms with Gasteiger partial charge in [-0.15, -0.1) is 0 Å². The Hall–Kier alpha value is -1.24. The number of ether oxygens (including phenoxy) is 1. The number of anilines is 1. The lowest BCUT2D eigenvalue weighted by Gasteiger charge is -2.24. The first kappa shape index (κ1) is 14.8. The van der Waals surface area contributed by atoms with Crippen LogP contribution in [0.3, 0.4) is 0 Å². The van der Waals surface area contributed by atoms with E-state index >= 15 is 0 Å². The molecule has 0 aromatic heterocycles. The number of aliphatic hydroxyl groups is 1. The maximum atomic E-state index is 13.8. The average molecular weight is 260 g/mol. The van der Waals surface area contributed by atoms with Crippen molar-refractivity contribution in [2.75, 3.05) is 38.3 Å². The molecular weight excluding hydrogens is 242 g/mol. The van der Waals surface area contributed by atoms with Crippen molar-refractivity contribution in [2.45, 2.75) is 6.54 Å². The van der Waals surface area contributed by atoms with Crippen LogP contribution in [-0.2, 0) is 11.3 Å². The number of rotatable bonds is 7. The molecule has 0 aliphatic rings. The second-order valence-electron chi connectivity index (χ2n) is 3.82. The van der Waals surface area contributed by atoms with E-state index in [-0.39, 0.29) is 25.4 Å². The van der Waals surface area contributed by atoms with Crippen LogP contribution >= 0.6 is 0 Å². The smallest absolute Gasteiger partial charge is 0.149 e. The Morgan fingerprint density at radius 1 is 1.28 bits per heavy atom. The number of methoxy groups -OCH3 is 1. The fraction of sp³-hybridized carbons (Fsp3) is 0.500. The van der Waals surface area contributed by atoms with E-state index in [1.807, 2.05) is 0 Å². The first-order chi connectivity index (χ1) is 8.63. The van der Waals surface area contributed by atoms with E-state index < -0.39 is 11.6 Å². The van der Waals surface area contributed by atoms with Crippen LogP contribution < -0.4 is 10.6 Å². The van der Waals surface area contributed by atoms with Crippen molar-refractivity contribution in [1.82, 2.24) is 0 Å². The lowest BCUT2D eigenvalue weighted by Crippen LogP contribution is -2.31. The number of hydrogen-bond donors (Lipinski definition) is 2. The molecule has 0 aliphatic carbocycles. The normalized spacial score (nSPS) is 10.7. The Labute approximate surface area is 105 Å². The van der Waals surface area contributed by atoms with E-state index in [1.165, 1.54) is 24.1 Å². The van der Waals surface area contributed by atoms with Crippen LogP contribution in [0.4, 0.5) is 14.5 Å². The predicted octanol–water partition coefficient (Wildman–Crippen LogP) is 0.869. The summed E-state index contributed by atoms with van der Waals surface area (Å²) in [7, 11) is 1.50. The van der Waals surface area contributed by atoms with Crippen molar-refractivity contribution in [3.05, 3.63) is 29.3 Å². The van der Waals surface area contributed by atoms with Gasteiger partial charge in [0.05, 0.1) is 13.2 Å². The van der Waals surface area contributed by atoms with Gasteiger partial charge in [0.1, 0.15) is 17.3 Å². The minimum absolute atomic E-state index is 0.0756. The summed E-state index contributed by atoms with van der Waals surface area (Å²) in [5.41, 5.74) is 5.58. The Bertz CT molecular complexity index is 365. The Morgan fingerprint density at radius 3 is 2.33 bits per heavy atom. The molecule has 1 aromatic carbocycles. The summed E-state index contributed by atoms with van der Waals surface area (Å²) in [6.45, 7) is 0.636. The van der Waals surface area contributed by atoms with Crippen LogP contribution in [0.2, 0.25) is 0 Å². The number of benzene rings is 1. The Balaban J connectivity index is 3.02. The van der Waals surface area contributed by atoms with Crippen LogP contribution in [-0.4, -0.2) is 38.5 Å². The molecule has 0 atom stereocenters. The highest BCUT2D eigenvalue weighted by Gasteiger charge is 2.17. The maximum absolute atomic E-state index is 13.8. The standard InChI is InChI=1S/C12H18F2N2O2/c1-18-5-3-16(2-4-17)12-10(13)6-9(8-15)7-11(12)14/h6-7,17H,2-5,8,15H2,1H3. The third kappa shape index (κ3) is 3.63. The molecule has 0 saturated heterocycles.